The van der Waals surface area contributed by atoms with Gasteiger partial charge in [-0.2, -0.15) is 0 Å². The lowest BCUT2D eigenvalue weighted by atomic mass is 9.98. The van der Waals surface area contributed by atoms with E-state index in [-0.39, 0.29) is 17.8 Å². The van der Waals surface area contributed by atoms with Gasteiger partial charge in [-0.3, -0.25) is 9.59 Å². The Labute approximate surface area is 125 Å². The minimum atomic E-state index is -0.229. The molecule has 0 aromatic heterocycles. The molecular formula is C17H19NO3. The number of benzene rings is 1. The average Bonchev–Trinajstić information content (AvgIpc) is 2.54. The van der Waals surface area contributed by atoms with E-state index in [1.54, 1.807) is 11.8 Å². The molecule has 1 atom stereocenters. The predicted octanol–water partition coefficient (Wildman–Crippen LogP) is 1.84. The van der Waals surface area contributed by atoms with Crippen LogP contribution in [0.2, 0.25) is 0 Å². The van der Waals surface area contributed by atoms with Crippen LogP contribution in [0.25, 0.3) is 0 Å². The number of hydrogen-bond acceptors (Lipinski definition) is 3. The molecule has 1 aliphatic heterocycles. The summed E-state index contributed by atoms with van der Waals surface area (Å²) in [7, 11) is 0. The Morgan fingerprint density at radius 2 is 2.10 bits per heavy atom. The van der Waals surface area contributed by atoms with Gasteiger partial charge < -0.3 is 9.64 Å². The molecular weight excluding hydrogens is 266 g/mol. The van der Waals surface area contributed by atoms with E-state index >= 15 is 0 Å². The summed E-state index contributed by atoms with van der Waals surface area (Å²) in [4.78, 5) is 25.5. The second kappa shape index (κ2) is 7.49. The Bertz CT molecular complexity index is 556. The molecule has 0 N–H and O–H groups in total. The van der Waals surface area contributed by atoms with Crippen molar-refractivity contribution in [1.82, 2.24) is 4.90 Å². The van der Waals surface area contributed by atoms with Crippen molar-refractivity contribution in [3.8, 4) is 11.8 Å². The number of rotatable bonds is 2. The zero-order valence-corrected chi connectivity index (χ0v) is 12.2. The van der Waals surface area contributed by atoms with Crippen LogP contribution in [-0.2, 0) is 14.3 Å². The van der Waals surface area contributed by atoms with Gasteiger partial charge >= 0.3 is 5.97 Å². The topological polar surface area (TPSA) is 46.6 Å². The van der Waals surface area contributed by atoms with Gasteiger partial charge in [0.1, 0.15) is 0 Å². The van der Waals surface area contributed by atoms with Crippen LogP contribution >= 0.6 is 0 Å². The van der Waals surface area contributed by atoms with Gasteiger partial charge in [0.15, 0.2) is 0 Å². The van der Waals surface area contributed by atoms with Gasteiger partial charge in [0.2, 0.25) is 0 Å². The monoisotopic (exact) mass is 285 g/mol. The maximum Gasteiger partial charge on any atom is 0.310 e. The number of amides is 1. The molecule has 1 heterocycles. The molecule has 4 heteroatoms. The van der Waals surface area contributed by atoms with Crippen molar-refractivity contribution in [3.63, 3.8) is 0 Å². The van der Waals surface area contributed by atoms with Crippen LogP contribution in [0, 0.1) is 17.8 Å². The summed E-state index contributed by atoms with van der Waals surface area (Å²) in [6.07, 6.45) is 1.58. The van der Waals surface area contributed by atoms with Gasteiger partial charge in [-0.05, 0) is 31.9 Å². The lowest BCUT2D eigenvalue weighted by molar-refractivity contribution is -0.150. The van der Waals surface area contributed by atoms with Crippen LogP contribution in [-0.4, -0.2) is 36.5 Å². The number of likely N-dealkylation sites (tertiary alicyclic amines) is 1. The zero-order valence-electron chi connectivity index (χ0n) is 12.2. The Hall–Kier alpha value is -2.28. The number of carbonyl (C=O) groups is 2. The first-order chi connectivity index (χ1) is 10.2. The fourth-order valence-corrected chi connectivity index (χ4v) is 2.34. The summed E-state index contributed by atoms with van der Waals surface area (Å²) in [6.45, 7) is 3.21. The number of piperidine rings is 1. The Morgan fingerprint density at radius 3 is 2.81 bits per heavy atom. The van der Waals surface area contributed by atoms with Crippen molar-refractivity contribution in [3.05, 3.63) is 35.9 Å². The number of nitrogens with zero attached hydrogens (tertiary/aromatic N) is 1. The first-order valence-electron chi connectivity index (χ1n) is 7.23. The molecule has 0 unspecified atom stereocenters. The summed E-state index contributed by atoms with van der Waals surface area (Å²) in [5.41, 5.74) is 0.810. The first kappa shape index (κ1) is 15.1. The first-order valence-corrected chi connectivity index (χ1v) is 7.23. The van der Waals surface area contributed by atoms with Crippen molar-refractivity contribution < 1.29 is 14.3 Å². The van der Waals surface area contributed by atoms with Crippen molar-refractivity contribution in [2.45, 2.75) is 19.8 Å². The van der Waals surface area contributed by atoms with Gasteiger partial charge in [-0.25, -0.2) is 0 Å². The second-order valence-electron chi connectivity index (χ2n) is 4.96. The summed E-state index contributed by atoms with van der Waals surface area (Å²) in [5.74, 6) is 4.83. The number of ether oxygens (including phenoxy) is 1. The maximum absolute atomic E-state index is 12.1. The SMILES string of the molecule is CCOC(=O)[C@H]1CCCN(C(=O)C#Cc2ccccc2)C1. The van der Waals surface area contributed by atoms with Crippen LogP contribution in [0.5, 0.6) is 0 Å². The third-order valence-corrected chi connectivity index (χ3v) is 3.42. The fourth-order valence-electron chi connectivity index (χ4n) is 2.34. The Morgan fingerprint density at radius 1 is 1.33 bits per heavy atom. The largest absolute Gasteiger partial charge is 0.466 e. The molecule has 0 aliphatic carbocycles. The summed E-state index contributed by atoms with van der Waals surface area (Å²) < 4.78 is 5.03. The molecule has 4 nitrogen and oxygen atoms in total. The molecule has 2 rings (SSSR count). The van der Waals surface area contributed by atoms with E-state index in [2.05, 4.69) is 11.8 Å². The highest BCUT2D eigenvalue weighted by molar-refractivity contribution is 5.94. The third kappa shape index (κ3) is 4.35. The van der Waals surface area contributed by atoms with Crippen LogP contribution in [0.15, 0.2) is 30.3 Å². The molecule has 0 saturated carbocycles. The molecule has 21 heavy (non-hydrogen) atoms. The minimum absolute atomic E-state index is 0.217. The number of hydrogen-bond donors (Lipinski definition) is 0. The molecule has 0 spiro atoms. The lowest BCUT2D eigenvalue weighted by Gasteiger charge is -2.30. The second-order valence-corrected chi connectivity index (χ2v) is 4.96. The Kier molecular flexibility index (Phi) is 5.39. The van der Waals surface area contributed by atoms with Crippen LogP contribution in [0.3, 0.4) is 0 Å². The molecule has 1 saturated heterocycles. The number of carbonyl (C=O) groups excluding carboxylic acids is 2. The molecule has 1 amide bonds. The van der Waals surface area contributed by atoms with E-state index in [1.807, 2.05) is 30.3 Å². The van der Waals surface area contributed by atoms with Crippen LogP contribution in [0.4, 0.5) is 0 Å². The number of esters is 1. The summed E-state index contributed by atoms with van der Waals surface area (Å²) in [6, 6.07) is 9.38. The van der Waals surface area contributed by atoms with Crippen molar-refractivity contribution in [1.29, 1.82) is 0 Å². The highest BCUT2D eigenvalue weighted by Gasteiger charge is 2.28. The molecule has 1 aromatic rings. The quantitative estimate of drug-likeness (QED) is 0.615. The van der Waals surface area contributed by atoms with Crippen LogP contribution in [0.1, 0.15) is 25.3 Å². The van der Waals surface area contributed by atoms with Crippen molar-refractivity contribution >= 4 is 11.9 Å². The molecule has 1 fully saturated rings. The van der Waals surface area contributed by atoms with Crippen LogP contribution < -0.4 is 0 Å². The van der Waals surface area contributed by atoms with E-state index in [0.29, 0.717) is 19.7 Å². The maximum atomic E-state index is 12.1. The smallest absolute Gasteiger partial charge is 0.310 e. The average molecular weight is 285 g/mol. The molecule has 0 bridgehead atoms. The minimum Gasteiger partial charge on any atom is -0.466 e. The van der Waals surface area contributed by atoms with Crippen molar-refractivity contribution in [2.75, 3.05) is 19.7 Å². The molecule has 110 valence electrons. The highest BCUT2D eigenvalue weighted by atomic mass is 16.5. The van der Waals surface area contributed by atoms with E-state index in [1.165, 1.54) is 0 Å². The summed E-state index contributed by atoms with van der Waals surface area (Å²) >= 11 is 0. The molecule has 1 aromatic carbocycles. The molecule has 0 radical (unpaired) electrons. The third-order valence-electron chi connectivity index (χ3n) is 3.42. The van der Waals surface area contributed by atoms with Gasteiger partial charge in [-0.15, -0.1) is 0 Å². The van der Waals surface area contributed by atoms with E-state index in [9.17, 15) is 9.59 Å². The van der Waals surface area contributed by atoms with Gasteiger partial charge in [-0.1, -0.05) is 24.1 Å². The van der Waals surface area contributed by atoms with Gasteiger partial charge in [0, 0.05) is 24.6 Å². The Balaban J connectivity index is 1.96. The van der Waals surface area contributed by atoms with Crippen molar-refractivity contribution in [2.24, 2.45) is 5.92 Å². The van der Waals surface area contributed by atoms with Gasteiger partial charge in [0.05, 0.1) is 12.5 Å². The predicted molar refractivity (Wildman–Crippen MR) is 79.3 cm³/mol. The standard InChI is InChI=1S/C17H19NO3/c1-2-21-17(20)15-9-6-12-18(13-15)16(19)11-10-14-7-4-3-5-8-14/h3-5,7-8,15H,2,6,9,12-13H2,1H3/t15-/m0/s1. The normalized spacial score (nSPS) is 17.6. The fraction of sp³-hybridized carbons (Fsp3) is 0.412. The highest BCUT2D eigenvalue weighted by Crippen LogP contribution is 2.17. The van der Waals surface area contributed by atoms with Gasteiger partial charge in [0.25, 0.3) is 5.91 Å². The summed E-state index contributed by atoms with van der Waals surface area (Å²) in [5, 5.41) is 0. The van der Waals surface area contributed by atoms with E-state index < -0.39 is 0 Å². The van der Waals surface area contributed by atoms with E-state index in [4.69, 9.17) is 4.74 Å². The molecule has 1 aliphatic rings. The van der Waals surface area contributed by atoms with E-state index in [0.717, 1.165) is 18.4 Å². The zero-order chi connectivity index (χ0) is 15.1. The lowest BCUT2D eigenvalue weighted by Crippen LogP contribution is -2.42.